The molecule has 1 N–H and O–H groups in total. The van der Waals surface area contributed by atoms with Crippen molar-refractivity contribution < 1.29 is 13.9 Å². The van der Waals surface area contributed by atoms with Crippen LogP contribution in [0.3, 0.4) is 0 Å². The lowest BCUT2D eigenvalue weighted by Crippen LogP contribution is -2.22. The highest BCUT2D eigenvalue weighted by Gasteiger charge is 2.23. The van der Waals surface area contributed by atoms with E-state index in [0.717, 1.165) is 16.0 Å². The van der Waals surface area contributed by atoms with Gasteiger partial charge in [-0.1, -0.05) is 23.9 Å². The second-order valence-electron chi connectivity index (χ2n) is 6.95. The molecule has 0 aliphatic rings. The smallest absolute Gasteiger partial charge is 0.239 e. The van der Waals surface area contributed by atoms with Crippen molar-refractivity contribution in [3.05, 3.63) is 34.8 Å². The van der Waals surface area contributed by atoms with Gasteiger partial charge in [-0.25, -0.2) is 4.98 Å². The van der Waals surface area contributed by atoms with Crippen molar-refractivity contribution in [1.82, 2.24) is 19.7 Å². The third kappa shape index (κ3) is 4.17. The number of furan rings is 1. The van der Waals surface area contributed by atoms with Gasteiger partial charge in [0.1, 0.15) is 0 Å². The van der Waals surface area contributed by atoms with Gasteiger partial charge in [0.25, 0.3) is 0 Å². The number of hydrogen-bond donors (Lipinski definition) is 1. The molecule has 8 nitrogen and oxygen atoms in total. The largest absolute Gasteiger partial charge is 0.493 e. The molecule has 0 radical (unpaired) electrons. The van der Waals surface area contributed by atoms with Crippen LogP contribution in [0.5, 0.6) is 5.75 Å². The monoisotopic (exact) mass is 457 g/mol. The molecule has 31 heavy (non-hydrogen) atoms. The standard InChI is InChI=1S/C21H23N5O3S2/c1-6-26-18(16-10-14-8-7-9-15(28-5)17(14)29-16)24-25-21(26)31-13(4)19(27)23-20-22-11(2)12(3)30-20/h7-10,13H,6H2,1-5H3,(H,22,23,27). The van der Waals surface area contributed by atoms with E-state index in [1.54, 1.807) is 7.11 Å². The number of para-hydroxylation sites is 1. The van der Waals surface area contributed by atoms with Crippen LogP contribution in [0.2, 0.25) is 0 Å². The SMILES string of the molecule is CCn1c(SC(C)C(=O)Nc2nc(C)c(C)s2)nnc1-c1cc2cccc(OC)c2o1. The van der Waals surface area contributed by atoms with Crippen LogP contribution >= 0.6 is 23.1 Å². The molecule has 0 bridgehead atoms. The van der Waals surface area contributed by atoms with Crippen LogP contribution in [0.1, 0.15) is 24.4 Å². The lowest BCUT2D eigenvalue weighted by Gasteiger charge is -2.11. The molecule has 0 aliphatic carbocycles. The summed E-state index contributed by atoms with van der Waals surface area (Å²) in [4.78, 5) is 18.1. The number of methoxy groups -OCH3 is 1. The predicted octanol–water partition coefficient (Wildman–Crippen LogP) is 4.91. The summed E-state index contributed by atoms with van der Waals surface area (Å²) in [6.45, 7) is 8.40. The van der Waals surface area contributed by atoms with Crippen molar-refractivity contribution in [2.75, 3.05) is 12.4 Å². The number of aromatic nitrogens is 4. The first-order valence-electron chi connectivity index (χ1n) is 9.83. The second-order valence-corrected chi connectivity index (χ2v) is 9.46. The molecule has 1 atom stereocenters. The quantitative estimate of drug-likeness (QED) is 0.394. The lowest BCUT2D eigenvalue weighted by atomic mass is 10.2. The molecule has 0 spiro atoms. The third-order valence-electron chi connectivity index (χ3n) is 4.89. The van der Waals surface area contributed by atoms with Crippen molar-refractivity contribution in [2.24, 2.45) is 0 Å². The van der Waals surface area contributed by atoms with Crippen LogP contribution in [0.25, 0.3) is 22.6 Å². The number of nitrogens with one attached hydrogen (secondary N) is 1. The number of fused-ring (bicyclic) bond motifs is 1. The molecule has 1 aromatic carbocycles. The first-order valence-corrected chi connectivity index (χ1v) is 11.5. The van der Waals surface area contributed by atoms with Crippen LogP contribution in [0, 0.1) is 13.8 Å². The van der Waals surface area contributed by atoms with E-state index in [-0.39, 0.29) is 11.2 Å². The molecule has 1 amide bonds. The van der Waals surface area contributed by atoms with E-state index in [4.69, 9.17) is 9.15 Å². The number of aryl methyl sites for hydroxylation is 2. The summed E-state index contributed by atoms with van der Waals surface area (Å²) in [6, 6.07) is 7.65. The Bertz CT molecular complexity index is 1220. The molecule has 4 aromatic rings. The van der Waals surface area contributed by atoms with E-state index in [9.17, 15) is 4.79 Å². The molecular formula is C21H23N5O3S2. The average Bonchev–Trinajstić information content (AvgIpc) is 3.44. The highest BCUT2D eigenvalue weighted by atomic mass is 32.2. The van der Waals surface area contributed by atoms with Gasteiger partial charge in [-0.2, -0.15) is 0 Å². The molecule has 0 saturated heterocycles. The fraction of sp³-hybridized carbons (Fsp3) is 0.333. The number of amides is 1. The van der Waals surface area contributed by atoms with E-state index in [1.165, 1.54) is 23.1 Å². The molecule has 0 fully saturated rings. The molecule has 3 aromatic heterocycles. The summed E-state index contributed by atoms with van der Waals surface area (Å²) in [5.74, 6) is 1.76. The topological polar surface area (TPSA) is 95.1 Å². The van der Waals surface area contributed by atoms with Crippen molar-refractivity contribution in [2.45, 2.75) is 44.6 Å². The molecule has 1 unspecified atom stereocenters. The third-order valence-corrected chi connectivity index (χ3v) is 6.96. The van der Waals surface area contributed by atoms with Gasteiger partial charge in [0.15, 0.2) is 27.4 Å². The van der Waals surface area contributed by atoms with Gasteiger partial charge in [0.05, 0.1) is 18.1 Å². The summed E-state index contributed by atoms with van der Waals surface area (Å²) in [5.41, 5.74) is 1.60. The number of carbonyl (C=O) groups is 1. The number of thioether (sulfide) groups is 1. The Kier molecular flexibility index (Phi) is 6.01. The van der Waals surface area contributed by atoms with Gasteiger partial charge in [0.2, 0.25) is 11.7 Å². The van der Waals surface area contributed by atoms with E-state index < -0.39 is 0 Å². The average molecular weight is 458 g/mol. The fourth-order valence-electron chi connectivity index (χ4n) is 3.10. The van der Waals surface area contributed by atoms with Crippen LogP contribution in [-0.2, 0) is 11.3 Å². The van der Waals surface area contributed by atoms with E-state index in [0.29, 0.717) is 39.7 Å². The normalized spacial score (nSPS) is 12.3. The molecule has 4 rings (SSSR count). The van der Waals surface area contributed by atoms with Crippen molar-refractivity contribution in [3.63, 3.8) is 0 Å². The van der Waals surface area contributed by atoms with Crippen molar-refractivity contribution in [1.29, 1.82) is 0 Å². The summed E-state index contributed by atoms with van der Waals surface area (Å²) in [5, 5.41) is 13.4. The summed E-state index contributed by atoms with van der Waals surface area (Å²) in [6.07, 6.45) is 0. The Morgan fingerprint density at radius 1 is 1.35 bits per heavy atom. The number of anilines is 1. The van der Waals surface area contributed by atoms with E-state index in [1.807, 2.05) is 56.5 Å². The zero-order valence-corrected chi connectivity index (χ0v) is 19.6. The molecule has 0 saturated carbocycles. The van der Waals surface area contributed by atoms with Crippen LogP contribution in [0.15, 0.2) is 33.8 Å². The highest BCUT2D eigenvalue weighted by Crippen LogP contribution is 2.34. The maximum absolute atomic E-state index is 12.6. The second kappa shape index (κ2) is 8.72. The summed E-state index contributed by atoms with van der Waals surface area (Å²) < 4.78 is 13.4. The van der Waals surface area contributed by atoms with Gasteiger partial charge in [-0.05, 0) is 39.8 Å². The van der Waals surface area contributed by atoms with Crippen LogP contribution < -0.4 is 10.1 Å². The zero-order chi connectivity index (χ0) is 22.1. The number of ether oxygens (including phenoxy) is 1. The van der Waals surface area contributed by atoms with Crippen LogP contribution in [0.4, 0.5) is 5.13 Å². The maximum Gasteiger partial charge on any atom is 0.239 e. The van der Waals surface area contributed by atoms with E-state index in [2.05, 4.69) is 20.5 Å². The van der Waals surface area contributed by atoms with Gasteiger partial charge in [-0.15, -0.1) is 21.5 Å². The zero-order valence-electron chi connectivity index (χ0n) is 17.9. The first kappa shape index (κ1) is 21.4. The summed E-state index contributed by atoms with van der Waals surface area (Å²) >= 11 is 2.82. The van der Waals surface area contributed by atoms with Crippen molar-refractivity contribution >= 4 is 45.1 Å². The van der Waals surface area contributed by atoms with Crippen LogP contribution in [-0.4, -0.2) is 38.0 Å². The van der Waals surface area contributed by atoms with Gasteiger partial charge in [-0.3, -0.25) is 9.36 Å². The number of carbonyl (C=O) groups excluding carboxylic acids is 1. The minimum atomic E-state index is -0.373. The number of hydrogen-bond acceptors (Lipinski definition) is 8. The Hall–Kier alpha value is -2.85. The molecule has 0 aliphatic heterocycles. The highest BCUT2D eigenvalue weighted by molar-refractivity contribution is 8.00. The Morgan fingerprint density at radius 3 is 2.84 bits per heavy atom. The lowest BCUT2D eigenvalue weighted by molar-refractivity contribution is -0.115. The number of thiazole rings is 1. The van der Waals surface area contributed by atoms with E-state index >= 15 is 0 Å². The molecule has 162 valence electrons. The fourth-order valence-corrected chi connectivity index (χ4v) is 4.83. The molecule has 3 heterocycles. The Morgan fingerprint density at radius 2 is 2.16 bits per heavy atom. The number of benzene rings is 1. The predicted molar refractivity (Wildman–Crippen MR) is 123 cm³/mol. The first-order chi connectivity index (χ1) is 14.9. The van der Waals surface area contributed by atoms with Crippen molar-refractivity contribution in [3.8, 4) is 17.3 Å². The number of rotatable bonds is 7. The molecule has 10 heteroatoms. The Balaban J connectivity index is 1.56. The summed E-state index contributed by atoms with van der Waals surface area (Å²) in [7, 11) is 1.61. The van der Waals surface area contributed by atoms with Gasteiger partial charge < -0.3 is 14.5 Å². The maximum atomic E-state index is 12.6. The van der Waals surface area contributed by atoms with Gasteiger partial charge in [0, 0.05) is 16.8 Å². The minimum absolute atomic E-state index is 0.126. The Labute approximate surface area is 188 Å². The molecular weight excluding hydrogens is 434 g/mol. The minimum Gasteiger partial charge on any atom is -0.493 e. The number of nitrogens with zero attached hydrogens (tertiary/aromatic N) is 4. The van der Waals surface area contributed by atoms with Gasteiger partial charge >= 0.3 is 0 Å².